The molecule has 1 heteroatoms. The van der Waals surface area contributed by atoms with Gasteiger partial charge in [-0.3, -0.25) is 0 Å². The van der Waals surface area contributed by atoms with Crippen LogP contribution in [-0.4, -0.2) is 0 Å². The van der Waals surface area contributed by atoms with Gasteiger partial charge in [-0.2, -0.15) is 0 Å². The van der Waals surface area contributed by atoms with Crippen molar-refractivity contribution in [3.63, 3.8) is 0 Å². The Morgan fingerprint density at radius 2 is 1.73 bits per heavy atom. The van der Waals surface area contributed by atoms with E-state index in [1.54, 1.807) is 0 Å². The Kier molecular flexibility index (Phi) is 9.02. The second-order valence-electron chi connectivity index (χ2n) is 3.43. The molecule has 0 aliphatic carbocycles. The van der Waals surface area contributed by atoms with E-state index in [2.05, 4.69) is 13.8 Å². The fourth-order valence-electron chi connectivity index (χ4n) is 1.16. The van der Waals surface area contributed by atoms with E-state index in [-0.39, 0.29) is 0 Å². The maximum atomic E-state index is 5.11. The Bertz CT molecular complexity index is 71.3. The molecule has 72 valence electrons. The minimum atomic E-state index is 0.761. The van der Waals surface area contributed by atoms with E-state index in [0.29, 0.717) is 0 Å². The third kappa shape index (κ3) is 8.43. The van der Waals surface area contributed by atoms with Crippen molar-refractivity contribution >= 4 is 0 Å². The Morgan fingerprint density at radius 1 is 1.09 bits per heavy atom. The number of hydrogen-bond donors (Lipinski definition) is 0. The van der Waals surface area contributed by atoms with Crippen LogP contribution < -0.4 is 0 Å². The number of unbranched alkanes of at least 4 members (excludes halogenated alkanes) is 4. The summed E-state index contributed by atoms with van der Waals surface area (Å²) in [7, 11) is 0. The van der Waals surface area contributed by atoms with Gasteiger partial charge in [-0.05, 0) is 0 Å². The molecule has 0 amide bonds. The quantitative estimate of drug-likeness (QED) is 0.435. The van der Waals surface area contributed by atoms with E-state index in [9.17, 15) is 0 Å². The summed E-state index contributed by atoms with van der Waals surface area (Å²) in [5.41, 5.74) is 0. The fourth-order valence-corrected chi connectivity index (χ4v) is 1.35. The zero-order valence-electron chi connectivity index (χ0n) is 7.83. The molecule has 0 bridgehead atoms. The molecule has 0 spiro atoms. The SMILES string of the molecule is CCCCCCCC(C)[CH2][Cu]. The molecular weight excluding hydrogens is 184 g/mol. The molecule has 0 saturated carbocycles. The van der Waals surface area contributed by atoms with Crippen LogP contribution in [0.5, 0.6) is 0 Å². The summed E-state index contributed by atoms with van der Waals surface area (Å²) < 4.78 is 0. The van der Waals surface area contributed by atoms with Gasteiger partial charge in [0.15, 0.2) is 0 Å². The van der Waals surface area contributed by atoms with E-state index in [1.165, 1.54) is 38.5 Å². The summed E-state index contributed by atoms with van der Waals surface area (Å²) in [5, 5.41) is 0.917. The Hall–Kier alpha value is 0.519. The van der Waals surface area contributed by atoms with Gasteiger partial charge in [0.2, 0.25) is 0 Å². The number of hydrogen-bond acceptors (Lipinski definition) is 0. The van der Waals surface area contributed by atoms with Gasteiger partial charge in [-0.15, -0.1) is 0 Å². The molecule has 1 unspecified atom stereocenters. The van der Waals surface area contributed by atoms with Gasteiger partial charge < -0.3 is 0 Å². The van der Waals surface area contributed by atoms with E-state index in [0.717, 1.165) is 11.2 Å². The first-order chi connectivity index (χ1) is 5.31. The van der Waals surface area contributed by atoms with Gasteiger partial charge in [0.25, 0.3) is 0 Å². The zero-order chi connectivity index (χ0) is 8.53. The first kappa shape index (κ1) is 11.5. The van der Waals surface area contributed by atoms with Gasteiger partial charge in [0, 0.05) is 0 Å². The van der Waals surface area contributed by atoms with Gasteiger partial charge in [-0.1, -0.05) is 0 Å². The standard InChI is InChI=1S/C10H21.Cu/c1-4-5-6-7-8-9-10(2)3;/h10H,2,4-9H2,1,3H3;. The van der Waals surface area contributed by atoms with Crippen LogP contribution in [0.25, 0.3) is 0 Å². The van der Waals surface area contributed by atoms with Crippen molar-refractivity contribution in [2.75, 3.05) is 0 Å². The number of rotatable bonds is 7. The van der Waals surface area contributed by atoms with Crippen molar-refractivity contribution in [3.8, 4) is 0 Å². The summed E-state index contributed by atoms with van der Waals surface area (Å²) in [6, 6.07) is 0. The molecule has 0 heterocycles. The molecule has 0 fully saturated rings. The minimum absolute atomic E-state index is 0.761. The predicted octanol–water partition coefficient (Wildman–Crippen LogP) is 3.95. The second-order valence-corrected chi connectivity index (χ2v) is 3.82. The molecule has 0 aliphatic rings. The van der Waals surface area contributed by atoms with Crippen LogP contribution in [0.3, 0.4) is 0 Å². The van der Waals surface area contributed by atoms with Crippen molar-refractivity contribution < 1.29 is 16.0 Å². The predicted molar refractivity (Wildman–Crippen MR) is 47.3 cm³/mol. The van der Waals surface area contributed by atoms with Crippen LogP contribution >= 0.6 is 0 Å². The zero-order valence-corrected chi connectivity index (χ0v) is 8.77. The van der Waals surface area contributed by atoms with Gasteiger partial charge >= 0.3 is 79.6 Å². The van der Waals surface area contributed by atoms with Crippen LogP contribution in [0.2, 0.25) is 5.32 Å². The molecule has 0 aliphatic heterocycles. The molecule has 0 aromatic rings. The Balaban J connectivity index is 2.89. The van der Waals surface area contributed by atoms with Crippen molar-refractivity contribution in [3.05, 3.63) is 0 Å². The molecular formula is C10H21Cu. The van der Waals surface area contributed by atoms with Gasteiger partial charge in [-0.25, -0.2) is 0 Å². The molecule has 0 saturated heterocycles. The summed E-state index contributed by atoms with van der Waals surface area (Å²) >= 11 is 5.11. The molecule has 0 N–H and O–H groups in total. The summed E-state index contributed by atoms with van der Waals surface area (Å²) in [6.45, 7) is 4.51. The van der Waals surface area contributed by atoms with E-state index in [4.69, 9.17) is 16.0 Å². The van der Waals surface area contributed by atoms with Crippen LogP contribution in [-0.2, 0) is 16.0 Å². The average Bonchev–Trinajstić information content (AvgIpc) is 2.04. The van der Waals surface area contributed by atoms with Crippen molar-refractivity contribution in [2.24, 2.45) is 5.92 Å². The Morgan fingerprint density at radius 3 is 2.27 bits per heavy atom. The van der Waals surface area contributed by atoms with Crippen LogP contribution in [0.15, 0.2) is 0 Å². The first-order valence-electron chi connectivity index (χ1n) is 4.81. The molecule has 0 rings (SSSR count). The average molecular weight is 205 g/mol. The first-order valence-corrected chi connectivity index (χ1v) is 5.48. The summed E-state index contributed by atoms with van der Waals surface area (Å²) in [6.07, 6.45) is 8.29. The third-order valence-corrected chi connectivity index (χ3v) is 2.67. The molecule has 0 aromatic heterocycles. The molecule has 11 heavy (non-hydrogen) atoms. The van der Waals surface area contributed by atoms with Crippen LogP contribution in [0, 0.1) is 5.92 Å². The molecule has 0 aromatic carbocycles. The topological polar surface area (TPSA) is 0 Å². The van der Waals surface area contributed by atoms with E-state index in [1.807, 2.05) is 0 Å². The van der Waals surface area contributed by atoms with Crippen molar-refractivity contribution in [1.82, 2.24) is 0 Å². The van der Waals surface area contributed by atoms with Crippen molar-refractivity contribution in [2.45, 2.75) is 57.7 Å². The maximum absolute atomic E-state index is 5.11. The summed E-state index contributed by atoms with van der Waals surface area (Å²) in [5.74, 6) is 0.761. The van der Waals surface area contributed by atoms with Gasteiger partial charge in [0.05, 0.1) is 0 Å². The third-order valence-electron chi connectivity index (χ3n) is 2.01. The normalized spacial score (nSPS) is 13.5. The molecule has 0 nitrogen and oxygen atoms in total. The fraction of sp³-hybridized carbons (Fsp3) is 1.00. The van der Waals surface area contributed by atoms with Gasteiger partial charge in [0.1, 0.15) is 0 Å². The summed E-state index contributed by atoms with van der Waals surface area (Å²) in [4.78, 5) is 0. The van der Waals surface area contributed by atoms with E-state index >= 15 is 0 Å². The van der Waals surface area contributed by atoms with Crippen LogP contribution in [0.4, 0.5) is 0 Å². The van der Waals surface area contributed by atoms with Crippen molar-refractivity contribution in [1.29, 1.82) is 0 Å². The Labute approximate surface area is 80.0 Å². The van der Waals surface area contributed by atoms with Crippen LogP contribution in [0.1, 0.15) is 52.4 Å². The monoisotopic (exact) mass is 204 g/mol. The molecule has 1 atom stereocenters. The van der Waals surface area contributed by atoms with E-state index < -0.39 is 0 Å². The molecule has 0 radical (unpaired) electrons. The second kappa shape index (κ2) is 8.61.